The molecular formula is C24H48O2. The van der Waals surface area contributed by atoms with Crippen LogP contribution in [-0.4, -0.2) is 12.6 Å². The van der Waals surface area contributed by atoms with E-state index in [-0.39, 0.29) is 0 Å². The standard InChI is InChI=1S/2C12H24O/c2*1-2-3-4-5-6-7-8-9-10-11-12-13/h2*12H,2-11H2,1H3. The van der Waals surface area contributed by atoms with E-state index in [0.29, 0.717) is 0 Å². The highest BCUT2D eigenvalue weighted by Gasteiger charge is 1.92. The molecule has 0 aliphatic heterocycles. The van der Waals surface area contributed by atoms with Crippen molar-refractivity contribution < 1.29 is 9.59 Å². The van der Waals surface area contributed by atoms with Crippen LogP contribution in [-0.2, 0) is 9.59 Å². The largest absolute Gasteiger partial charge is 0.303 e. The Morgan fingerprint density at radius 1 is 0.385 bits per heavy atom. The smallest absolute Gasteiger partial charge is 0.119 e. The summed E-state index contributed by atoms with van der Waals surface area (Å²) in [7, 11) is 0. The number of rotatable bonds is 20. The number of unbranched alkanes of at least 4 members (excludes halogenated alkanes) is 18. The van der Waals surface area contributed by atoms with Gasteiger partial charge in [-0.1, -0.05) is 117 Å². The molecule has 0 aromatic heterocycles. The zero-order chi connectivity index (χ0) is 19.6. The maximum atomic E-state index is 10.0. The van der Waals surface area contributed by atoms with Crippen LogP contribution in [0.3, 0.4) is 0 Å². The van der Waals surface area contributed by atoms with Crippen molar-refractivity contribution in [2.45, 2.75) is 142 Å². The van der Waals surface area contributed by atoms with Crippen LogP contribution in [0.1, 0.15) is 142 Å². The first-order valence-electron chi connectivity index (χ1n) is 11.7. The summed E-state index contributed by atoms with van der Waals surface area (Å²) in [6.07, 6.45) is 27.5. The molecule has 2 nitrogen and oxygen atoms in total. The molecule has 0 spiro atoms. The van der Waals surface area contributed by atoms with Crippen molar-refractivity contribution in [1.82, 2.24) is 0 Å². The van der Waals surface area contributed by atoms with Crippen LogP contribution in [0, 0.1) is 0 Å². The van der Waals surface area contributed by atoms with Crippen LogP contribution in [0.15, 0.2) is 0 Å². The van der Waals surface area contributed by atoms with E-state index in [1.807, 2.05) is 0 Å². The first kappa shape index (κ1) is 27.6. The van der Waals surface area contributed by atoms with E-state index in [0.717, 1.165) is 38.3 Å². The summed E-state index contributed by atoms with van der Waals surface area (Å²) < 4.78 is 0. The summed E-state index contributed by atoms with van der Waals surface area (Å²) in [5, 5.41) is 0. The van der Waals surface area contributed by atoms with Gasteiger partial charge in [-0.05, 0) is 12.8 Å². The fraction of sp³-hybridized carbons (Fsp3) is 0.917. The molecule has 0 saturated heterocycles. The number of carbonyl (C=O) groups excluding carboxylic acids is 2. The van der Waals surface area contributed by atoms with Gasteiger partial charge >= 0.3 is 0 Å². The highest BCUT2D eigenvalue weighted by atomic mass is 16.1. The molecule has 0 radical (unpaired) electrons. The molecule has 0 aliphatic carbocycles. The van der Waals surface area contributed by atoms with Crippen molar-refractivity contribution in [1.29, 1.82) is 0 Å². The van der Waals surface area contributed by atoms with Gasteiger partial charge in [-0.15, -0.1) is 0 Å². The van der Waals surface area contributed by atoms with E-state index >= 15 is 0 Å². The third kappa shape index (κ3) is 31.1. The third-order valence-corrected chi connectivity index (χ3v) is 4.85. The summed E-state index contributed by atoms with van der Waals surface area (Å²) in [5.41, 5.74) is 0. The predicted molar refractivity (Wildman–Crippen MR) is 116 cm³/mol. The Morgan fingerprint density at radius 3 is 0.846 bits per heavy atom. The Balaban J connectivity index is 0. The SMILES string of the molecule is CCCCCCCCCCCC=O.CCCCCCCCCCCC=O. The zero-order valence-electron chi connectivity index (χ0n) is 18.1. The molecule has 0 bridgehead atoms. The minimum atomic E-state index is 0.760. The van der Waals surface area contributed by atoms with E-state index in [9.17, 15) is 9.59 Å². The molecule has 0 saturated carbocycles. The average molecular weight is 369 g/mol. The molecule has 26 heavy (non-hydrogen) atoms. The Bertz CT molecular complexity index is 225. The van der Waals surface area contributed by atoms with Crippen molar-refractivity contribution in [2.75, 3.05) is 0 Å². The van der Waals surface area contributed by atoms with Crippen LogP contribution in [0.4, 0.5) is 0 Å². The number of aldehydes is 2. The minimum Gasteiger partial charge on any atom is -0.303 e. The molecule has 0 aliphatic rings. The van der Waals surface area contributed by atoms with Crippen molar-refractivity contribution in [3.8, 4) is 0 Å². The van der Waals surface area contributed by atoms with Crippen LogP contribution in [0.25, 0.3) is 0 Å². The van der Waals surface area contributed by atoms with Gasteiger partial charge in [-0.2, -0.15) is 0 Å². The highest BCUT2D eigenvalue weighted by molar-refractivity contribution is 5.49. The Hall–Kier alpha value is -0.660. The predicted octanol–water partition coefficient (Wildman–Crippen LogP) is 8.21. The van der Waals surface area contributed by atoms with Crippen molar-refractivity contribution >= 4 is 12.6 Å². The van der Waals surface area contributed by atoms with Crippen molar-refractivity contribution in [2.24, 2.45) is 0 Å². The molecule has 0 amide bonds. The van der Waals surface area contributed by atoms with Gasteiger partial charge < -0.3 is 9.59 Å². The number of hydrogen-bond donors (Lipinski definition) is 0. The number of carbonyl (C=O) groups is 2. The lowest BCUT2D eigenvalue weighted by molar-refractivity contribution is -0.108. The Labute approximate surface area is 164 Å². The van der Waals surface area contributed by atoms with Crippen LogP contribution in [0.5, 0.6) is 0 Å². The van der Waals surface area contributed by atoms with E-state index in [1.165, 1.54) is 103 Å². The van der Waals surface area contributed by atoms with Gasteiger partial charge in [0, 0.05) is 12.8 Å². The van der Waals surface area contributed by atoms with Gasteiger partial charge in [0.15, 0.2) is 0 Å². The van der Waals surface area contributed by atoms with Gasteiger partial charge in [0.2, 0.25) is 0 Å². The molecule has 156 valence electrons. The maximum absolute atomic E-state index is 10.0. The summed E-state index contributed by atoms with van der Waals surface area (Å²) in [6, 6.07) is 0. The molecule has 2 heteroatoms. The first-order valence-corrected chi connectivity index (χ1v) is 11.7. The average Bonchev–Trinajstić information content (AvgIpc) is 2.66. The van der Waals surface area contributed by atoms with E-state index in [2.05, 4.69) is 13.8 Å². The minimum absolute atomic E-state index is 0.760. The van der Waals surface area contributed by atoms with Gasteiger partial charge in [0.25, 0.3) is 0 Å². The second-order valence-corrected chi connectivity index (χ2v) is 7.57. The Kier molecular flexibility index (Phi) is 30.9. The van der Waals surface area contributed by atoms with Gasteiger partial charge in [-0.3, -0.25) is 0 Å². The highest BCUT2D eigenvalue weighted by Crippen LogP contribution is 2.10. The Morgan fingerprint density at radius 2 is 0.615 bits per heavy atom. The normalized spacial score (nSPS) is 10.2. The van der Waals surface area contributed by atoms with Gasteiger partial charge in [-0.25, -0.2) is 0 Å². The molecule has 0 aromatic carbocycles. The molecular weight excluding hydrogens is 320 g/mol. The summed E-state index contributed by atoms with van der Waals surface area (Å²) >= 11 is 0. The van der Waals surface area contributed by atoms with Crippen LogP contribution < -0.4 is 0 Å². The molecule has 0 rings (SSSR count). The van der Waals surface area contributed by atoms with Gasteiger partial charge in [0.1, 0.15) is 12.6 Å². The number of hydrogen-bond acceptors (Lipinski definition) is 2. The third-order valence-electron chi connectivity index (χ3n) is 4.85. The fourth-order valence-corrected chi connectivity index (χ4v) is 3.08. The summed E-state index contributed by atoms with van der Waals surface area (Å²) in [4.78, 5) is 20.0. The van der Waals surface area contributed by atoms with Crippen molar-refractivity contribution in [3.05, 3.63) is 0 Å². The zero-order valence-corrected chi connectivity index (χ0v) is 18.1. The molecule has 0 heterocycles. The second-order valence-electron chi connectivity index (χ2n) is 7.57. The van der Waals surface area contributed by atoms with Gasteiger partial charge in [0.05, 0.1) is 0 Å². The molecule has 0 aromatic rings. The molecule has 0 N–H and O–H groups in total. The maximum Gasteiger partial charge on any atom is 0.119 e. The first-order chi connectivity index (χ1) is 12.8. The summed E-state index contributed by atoms with van der Waals surface area (Å²) in [6.45, 7) is 4.50. The lowest BCUT2D eigenvalue weighted by Crippen LogP contribution is -1.81. The fourth-order valence-electron chi connectivity index (χ4n) is 3.08. The monoisotopic (exact) mass is 368 g/mol. The topological polar surface area (TPSA) is 34.1 Å². The van der Waals surface area contributed by atoms with Crippen LogP contribution >= 0.6 is 0 Å². The summed E-state index contributed by atoms with van der Waals surface area (Å²) in [5.74, 6) is 0. The van der Waals surface area contributed by atoms with Crippen molar-refractivity contribution in [3.63, 3.8) is 0 Å². The lowest BCUT2D eigenvalue weighted by Gasteiger charge is -1.99. The second kappa shape index (κ2) is 29.1. The van der Waals surface area contributed by atoms with E-state index in [1.54, 1.807) is 0 Å². The lowest BCUT2D eigenvalue weighted by atomic mass is 10.1. The molecule has 0 atom stereocenters. The van der Waals surface area contributed by atoms with Crippen LogP contribution in [0.2, 0.25) is 0 Å². The molecule has 0 fully saturated rings. The van der Waals surface area contributed by atoms with E-state index < -0.39 is 0 Å². The quantitative estimate of drug-likeness (QED) is 0.160. The van der Waals surface area contributed by atoms with E-state index in [4.69, 9.17) is 0 Å². The molecule has 0 unspecified atom stereocenters.